The highest BCUT2D eigenvalue weighted by molar-refractivity contribution is 7.94. The zero-order chi connectivity index (χ0) is 13.2. The van der Waals surface area contributed by atoms with Crippen LogP contribution >= 0.6 is 11.3 Å². The standard InChI is InChI=1S/C11H12N2O3S2/c1-13(9-5-3-6-10(12-9)16-2)18(14,15)11-7-4-8-17-11/h3-8H,1-2H3. The normalized spacial score (nSPS) is 11.2. The molecule has 2 aromatic rings. The van der Waals surface area contributed by atoms with E-state index in [1.807, 2.05) is 0 Å². The number of sulfonamides is 1. The van der Waals surface area contributed by atoms with Crippen molar-refractivity contribution in [2.24, 2.45) is 0 Å². The van der Waals surface area contributed by atoms with E-state index in [4.69, 9.17) is 4.74 Å². The quantitative estimate of drug-likeness (QED) is 0.861. The Morgan fingerprint density at radius 1 is 1.28 bits per heavy atom. The smallest absolute Gasteiger partial charge is 0.274 e. The van der Waals surface area contributed by atoms with Gasteiger partial charge in [0.25, 0.3) is 10.0 Å². The molecular weight excluding hydrogens is 272 g/mol. The van der Waals surface area contributed by atoms with Gasteiger partial charge in [-0.05, 0) is 17.5 Å². The topological polar surface area (TPSA) is 59.5 Å². The van der Waals surface area contributed by atoms with E-state index < -0.39 is 10.0 Å². The SMILES string of the molecule is COc1cccc(N(C)S(=O)(=O)c2cccs2)n1. The number of nitrogens with zero attached hydrogens (tertiary/aromatic N) is 2. The summed E-state index contributed by atoms with van der Waals surface area (Å²) in [6.45, 7) is 0. The van der Waals surface area contributed by atoms with Gasteiger partial charge in [-0.2, -0.15) is 4.98 Å². The Labute approximate surface area is 110 Å². The molecule has 0 unspecified atom stereocenters. The van der Waals surface area contributed by atoms with E-state index >= 15 is 0 Å². The van der Waals surface area contributed by atoms with Crippen LogP contribution in [-0.2, 0) is 10.0 Å². The lowest BCUT2D eigenvalue weighted by Crippen LogP contribution is -2.26. The molecule has 0 atom stereocenters. The van der Waals surface area contributed by atoms with E-state index in [0.29, 0.717) is 11.7 Å². The lowest BCUT2D eigenvalue weighted by Gasteiger charge is -2.17. The summed E-state index contributed by atoms with van der Waals surface area (Å²) >= 11 is 1.17. The Morgan fingerprint density at radius 2 is 2.06 bits per heavy atom. The van der Waals surface area contributed by atoms with Crippen LogP contribution < -0.4 is 9.04 Å². The van der Waals surface area contributed by atoms with Crippen LogP contribution in [0.15, 0.2) is 39.9 Å². The number of hydrogen-bond donors (Lipinski definition) is 0. The highest BCUT2D eigenvalue weighted by Gasteiger charge is 2.23. The largest absolute Gasteiger partial charge is 0.481 e. The fourth-order valence-corrected chi connectivity index (χ4v) is 3.67. The third kappa shape index (κ3) is 2.32. The summed E-state index contributed by atoms with van der Waals surface area (Å²) in [5.41, 5.74) is 0. The molecule has 0 aromatic carbocycles. The number of anilines is 1. The molecule has 0 saturated carbocycles. The van der Waals surface area contributed by atoms with Gasteiger partial charge in [0.15, 0.2) is 0 Å². The first-order chi connectivity index (χ1) is 8.55. The predicted molar refractivity (Wildman–Crippen MR) is 70.7 cm³/mol. The molecule has 2 aromatic heterocycles. The Morgan fingerprint density at radius 3 is 2.67 bits per heavy atom. The third-order valence-corrected chi connectivity index (χ3v) is 5.49. The highest BCUT2D eigenvalue weighted by Crippen LogP contribution is 2.24. The van der Waals surface area contributed by atoms with E-state index in [-0.39, 0.29) is 4.21 Å². The van der Waals surface area contributed by atoms with Crippen LogP contribution in [0.4, 0.5) is 5.82 Å². The molecule has 18 heavy (non-hydrogen) atoms. The molecule has 0 amide bonds. The molecule has 0 radical (unpaired) electrons. The van der Waals surface area contributed by atoms with Crippen LogP contribution in [0.3, 0.4) is 0 Å². The summed E-state index contributed by atoms with van der Waals surface area (Å²) in [5.74, 6) is 0.698. The van der Waals surface area contributed by atoms with Gasteiger partial charge in [-0.15, -0.1) is 11.3 Å². The van der Waals surface area contributed by atoms with E-state index in [0.717, 1.165) is 4.31 Å². The van der Waals surface area contributed by atoms with Gasteiger partial charge in [0, 0.05) is 13.1 Å². The van der Waals surface area contributed by atoms with Crippen LogP contribution in [0.1, 0.15) is 0 Å². The van der Waals surface area contributed by atoms with Crippen LogP contribution in [0, 0.1) is 0 Å². The molecule has 2 heterocycles. The van der Waals surface area contributed by atoms with Crippen molar-refractivity contribution in [2.45, 2.75) is 4.21 Å². The van der Waals surface area contributed by atoms with Gasteiger partial charge in [0.1, 0.15) is 10.0 Å². The van der Waals surface area contributed by atoms with Crippen molar-refractivity contribution in [3.05, 3.63) is 35.7 Å². The van der Waals surface area contributed by atoms with Crippen molar-refractivity contribution < 1.29 is 13.2 Å². The molecule has 96 valence electrons. The zero-order valence-corrected chi connectivity index (χ0v) is 11.5. The van der Waals surface area contributed by atoms with Crippen molar-refractivity contribution in [1.29, 1.82) is 0 Å². The maximum atomic E-state index is 12.2. The molecule has 0 spiro atoms. The van der Waals surface area contributed by atoms with Crippen molar-refractivity contribution in [3.8, 4) is 5.88 Å². The number of aromatic nitrogens is 1. The number of ether oxygens (including phenoxy) is 1. The van der Waals surface area contributed by atoms with Crippen molar-refractivity contribution in [1.82, 2.24) is 4.98 Å². The van der Waals surface area contributed by atoms with Crippen LogP contribution in [0.2, 0.25) is 0 Å². The summed E-state index contributed by atoms with van der Waals surface area (Å²) < 4.78 is 30.9. The van der Waals surface area contributed by atoms with Gasteiger partial charge in [-0.1, -0.05) is 12.1 Å². The third-order valence-electron chi connectivity index (χ3n) is 2.35. The fourth-order valence-electron chi connectivity index (χ4n) is 1.36. The summed E-state index contributed by atoms with van der Waals surface area (Å²) in [6, 6.07) is 8.24. The summed E-state index contributed by atoms with van der Waals surface area (Å²) in [7, 11) is -0.585. The number of rotatable bonds is 4. The van der Waals surface area contributed by atoms with Gasteiger partial charge in [-0.25, -0.2) is 8.42 Å². The Bertz CT molecular complexity index is 623. The molecule has 0 bridgehead atoms. The Kier molecular flexibility index (Phi) is 3.53. The van der Waals surface area contributed by atoms with Gasteiger partial charge in [0.05, 0.1) is 7.11 Å². The van der Waals surface area contributed by atoms with Gasteiger partial charge in [0.2, 0.25) is 5.88 Å². The number of pyridine rings is 1. The molecule has 0 aliphatic heterocycles. The minimum absolute atomic E-state index is 0.287. The average Bonchev–Trinajstić information content (AvgIpc) is 2.92. The van der Waals surface area contributed by atoms with Gasteiger partial charge < -0.3 is 4.74 Å². The molecule has 0 N–H and O–H groups in total. The van der Waals surface area contributed by atoms with Crippen molar-refractivity contribution in [2.75, 3.05) is 18.5 Å². The first-order valence-electron chi connectivity index (χ1n) is 5.09. The molecule has 0 saturated heterocycles. The molecular formula is C11H12N2O3S2. The summed E-state index contributed by atoms with van der Waals surface area (Å²) in [6.07, 6.45) is 0. The molecule has 0 aliphatic rings. The Hall–Kier alpha value is -1.60. The molecule has 7 heteroatoms. The molecule has 0 fully saturated rings. The second kappa shape index (κ2) is 4.95. The second-order valence-electron chi connectivity index (χ2n) is 3.44. The summed E-state index contributed by atoms with van der Waals surface area (Å²) in [5, 5.41) is 1.72. The van der Waals surface area contributed by atoms with Crippen molar-refractivity contribution in [3.63, 3.8) is 0 Å². The van der Waals surface area contributed by atoms with Crippen LogP contribution in [0.5, 0.6) is 5.88 Å². The van der Waals surface area contributed by atoms with E-state index in [9.17, 15) is 8.42 Å². The van der Waals surface area contributed by atoms with Gasteiger partial charge >= 0.3 is 0 Å². The predicted octanol–water partition coefficient (Wildman–Crippen LogP) is 1.98. The Balaban J connectivity index is 2.39. The zero-order valence-electron chi connectivity index (χ0n) is 9.90. The number of thiophene rings is 1. The van der Waals surface area contributed by atoms with Gasteiger partial charge in [-0.3, -0.25) is 4.31 Å². The second-order valence-corrected chi connectivity index (χ2v) is 6.59. The van der Waals surface area contributed by atoms with Crippen molar-refractivity contribution >= 4 is 27.2 Å². The minimum atomic E-state index is -3.54. The fraction of sp³-hybridized carbons (Fsp3) is 0.182. The molecule has 2 rings (SSSR count). The lowest BCUT2D eigenvalue weighted by molar-refractivity contribution is 0.398. The number of hydrogen-bond acceptors (Lipinski definition) is 5. The summed E-state index contributed by atoms with van der Waals surface area (Å²) in [4.78, 5) is 4.10. The van der Waals surface area contributed by atoms with Crippen LogP contribution in [0.25, 0.3) is 0 Å². The monoisotopic (exact) mass is 284 g/mol. The van der Waals surface area contributed by atoms with E-state index in [2.05, 4.69) is 4.98 Å². The van der Waals surface area contributed by atoms with Crippen LogP contribution in [-0.4, -0.2) is 27.6 Å². The maximum absolute atomic E-state index is 12.2. The highest BCUT2D eigenvalue weighted by atomic mass is 32.2. The number of methoxy groups -OCH3 is 1. The average molecular weight is 284 g/mol. The maximum Gasteiger partial charge on any atom is 0.274 e. The first kappa shape index (κ1) is 12.8. The molecule has 5 nitrogen and oxygen atoms in total. The first-order valence-corrected chi connectivity index (χ1v) is 7.41. The minimum Gasteiger partial charge on any atom is -0.481 e. The molecule has 0 aliphatic carbocycles. The van der Waals surface area contributed by atoms with E-state index in [1.54, 1.807) is 35.7 Å². The van der Waals surface area contributed by atoms with E-state index in [1.165, 1.54) is 25.5 Å². The lowest BCUT2D eigenvalue weighted by atomic mass is 10.4.